The summed E-state index contributed by atoms with van der Waals surface area (Å²) in [6.45, 7) is 8.78. The van der Waals surface area contributed by atoms with E-state index < -0.39 is 0 Å². The molecule has 0 bridgehead atoms. The monoisotopic (exact) mass is 422 g/mol. The van der Waals surface area contributed by atoms with E-state index in [1.165, 1.54) is 30.6 Å². The van der Waals surface area contributed by atoms with E-state index in [0.717, 1.165) is 18.8 Å². The summed E-state index contributed by atoms with van der Waals surface area (Å²) >= 11 is 4.71. The Hall–Kier alpha value is -0.415. The van der Waals surface area contributed by atoms with Crippen molar-refractivity contribution in [1.29, 1.82) is 0 Å². The molecule has 0 spiro atoms. The van der Waals surface area contributed by atoms with Crippen LogP contribution >= 0.6 is 27.3 Å². The van der Waals surface area contributed by atoms with E-state index in [1.807, 2.05) is 6.92 Å². The second kappa shape index (κ2) is 8.99. The van der Waals surface area contributed by atoms with Crippen molar-refractivity contribution in [3.63, 3.8) is 0 Å². The lowest BCUT2D eigenvalue weighted by Crippen LogP contribution is -2.21. The molecule has 0 aliphatic heterocycles. The SMILES string of the molecule is [B]c1sc(Br)c2c1C(=O)CC(CCC(C)CCCC(C)C)C(C)C2=O. The average molecular weight is 423 g/mol. The Bertz CT molecular complexity index is 638. The van der Waals surface area contributed by atoms with Gasteiger partial charge in [0.05, 0.1) is 9.35 Å². The van der Waals surface area contributed by atoms with Gasteiger partial charge in [-0.1, -0.05) is 53.4 Å². The molecule has 136 valence electrons. The van der Waals surface area contributed by atoms with Gasteiger partial charge < -0.3 is 0 Å². The van der Waals surface area contributed by atoms with Crippen LogP contribution in [0.3, 0.4) is 0 Å². The third kappa shape index (κ3) is 5.06. The van der Waals surface area contributed by atoms with Crippen LogP contribution in [-0.4, -0.2) is 19.4 Å². The second-order valence-corrected chi connectivity index (χ2v) is 10.4. The molecule has 2 rings (SSSR count). The van der Waals surface area contributed by atoms with Crippen molar-refractivity contribution in [2.45, 2.75) is 66.2 Å². The van der Waals surface area contributed by atoms with Crippen LogP contribution in [0.15, 0.2) is 3.79 Å². The summed E-state index contributed by atoms with van der Waals surface area (Å²) in [6, 6.07) is 0. The number of carbonyl (C=O) groups is 2. The molecule has 3 unspecified atom stereocenters. The molecule has 2 radical (unpaired) electrons. The highest BCUT2D eigenvalue weighted by molar-refractivity contribution is 9.11. The first-order valence-electron chi connectivity index (χ1n) is 9.37. The summed E-state index contributed by atoms with van der Waals surface area (Å²) in [5, 5.41) is 0. The van der Waals surface area contributed by atoms with Crippen LogP contribution in [-0.2, 0) is 0 Å². The van der Waals surface area contributed by atoms with Crippen LogP contribution in [0, 0.1) is 23.7 Å². The molecule has 0 N–H and O–H groups in total. The lowest BCUT2D eigenvalue weighted by Gasteiger charge is -2.22. The normalized spacial score (nSPS) is 22.2. The quantitative estimate of drug-likeness (QED) is 0.425. The van der Waals surface area contributed by atoms with Gasteiger partial charge in [-0.25, -0.2) is 0 Å². The molecule has 0 saturated heterocycles. The van der Waals surface area contributed by atoms with Crippen molar-refractivity contribution < 1.29 is 9.59 Å². The number of fused-ring (bicyclic) bond motifs is 1. The van der Waals surface area contributed by atoms with Crippen LogP contribution in [0.1, 0.15) is 86.9 Å². The van der Waals surface area contributed by atoms with E-state index in [9.17, 15) is 9.59 Å². The summed E-state index contributed by atoms with van der Waals surface area (Å²) in [4.78, 5) is 25.6. The minimum Gasteiger partial charge on any atom is -0.294 e. The summed E-state index contributed by atoms with van der Waals surface area (Å²) in [5.41, 5.74) is 0.980. The number of ketones is 2. The predicted octanol–water partition coefficient (Wildman–Crippen LogP) is 5.57. The molecule has 0 fully saturated rings. The third-order valence-electron chi connectivity index (χ3n) is 5.49. The van der Waals surface area contributed by atoms with Gasteiger partial charge in [0, 0.05) is 17.9 Å². The number of Topliss-reactive ketones (excluding diaryl/α,β-unsaturated/α-hetero) is 2. The minimum atomic E-state index is -0.127. The molecule has 5 heteroatoms. The zero-order chi connectivity index (χ0) is 18.7. The summed E-state index contributed by atoms with van der Waals surface area (Å²) in [7, 11) is 5.99. The van der Waals surface area contributed by atoms with Crippen molar-refractivity contribution >= 4 is 51.5 Å². The Balaban J connectivity index is 2.01. The predicted molar refractivity (Wildman–Crippen MR) is 110 cm³/mol. The Kier molecular flexibility index (Phi) is 7.51. The fourth-order valence-corrected chi connectivity index (χ4v) is 5.48. The molecule has 0 amide bonds. The molecule has 1 aromatic heterocycles. The number of hydrogen-bond donors (Lipinski definition) is 0. The van der Waals surface area contributed by atoms with Gasteiger partial charge in [0.25, 0.3) is 0 Å². The van der Waals surface area contributed by atoms with Gasteiger partial charge in [0.1, 0.15) is 7.85 Å². The highest BCUT2D eigenvalue weighted by atomic mass is 79.9. The topological polar surface area (TPSA) is 34.1 Å². The number of halogens is 1. The molecule has 2 nitrogen and oxygen atoms in total. The Labute approximate surface area is 165 Å². The van der Waals surface area contributed by atoms with Crippen LogP contribution < -0.4 is 4.78 Å². The lowest BCUT2D eigenvalue weighted by atomic mass is 9.82. The molecule has 3 atom stereocenters. The van der Waals surface area contributed by atoms with Gasteiger partial charge >= 0.3 is 0 Å². The largest absolute Gasteiger partial charge is 0.294 e. The first-order chi connectivity index (χ1) is 11.7. The number of hydrogen-bond acceptors (Lipinski definition) is 3. The van der Waals surface area contributed by atoms with E-state index in [-0.39, 0.29) is 23.4 Å². The minimum absolute atomic E-state index is 0.0320. The number of carbonyl (C=O) groups excluding carboxylic acids is 2. The van der Waals surface area contributed by atoms with Crippen LogP contribution in [0.25, 0.3) is 0 Å². The van der Waals surface area contributed by atoms with E-state index in [1.54, 1.807) is 0 Å². The van der Waals surface area contributed by atoms with Crippen molar-refractivity contribution in [3.8, 4) is 0 Å². The van der Waals surface area contributed by atoms with Gasteiger partial charge in [0.15, 0.2) is 11.6 Å². The van der Waals surface area contributed by atoms with Gasteiger partial charge in [-0.05, 0) is 44.9 Å². The second-order valence-electron chi connectivity index (χ2n) is 8.04. The maximum absolute atomic E-state index is 12.9. The Morgan fingerprint density at radius 2 is 1.84 bits per heavy atom. The van der Waals surface area contributed by atoms with E-state index >= 15 is 0 Å². The molecule has 0 saturated carbocycles. The van der Waals surface area contributed by atoms with Gasteiger partial charge in [0.2, 0.25) is 0 Å². The highest BCUT2D eigenvalue weighted by Crippen LogP contribution is 2.37. The lowest BCUT2D eigenvalue weighted by molar-refractivity contribution is 0.0864. The molecule has 1 aliphatic carbocycles. The fraction of sp³-hybridized carbons (Fsp3) is 0.700. The first kappa shape index (κ1) is 20.9. The first-order valence-corrected chi connectivity index (χ1v) is 11.0. The molecule has 25 heavy (non-hydrogen) atoms. The fourth-order valence-electron chi connectivity index (χ4n) is 3.75. The van der Waals surface area contributed by atoms with Crippen LogP contribution in [0.5, 0.6) is 0 Å². The van der Waals surface area contributed by atoms with E-state index in [4.69, 9.17) is 7.85 Å². The third-order valence-corrected chi connectivity index (χ3v) is 7.18. The van der Waals surface area contributed by atoms with Gasteiger partial charge in [-0.3, -0.25) is 9.59 Å². The number of thiophene rings is 1. The molecule has 1 aliphatic rings. The van der Waals surface area contributed by atoms with Gasteiger partial charge in [-0.2, -0.15) is 0 Å². The molecular formula is C20H28BBrO2S. The summed E-state index contributed by atoms with van der Waals surface area (Å²) in [6.07, 6.45) is 6.22. The zero-order valence-electron chi connectivity index (χ0n) is 15.7. The number of rotatable bonds is 7. The van der Waals surface area contributed by atoms with Crippen molar-refractivity contribution in [1.82, 2.24) is 0 Å². The van der Waals surface area contributed by atoms with E-state index in [0.29, 0.717) is 32.0 Å². The van der Waals surface area contributed by atoms with Crippen molar-refractivity contribution in [3.05, 3.63) is 14.9 Å². The van der Waals surface area contributed by atoms with E-state index in [2.05, 4.69) is 36.7 Å². The Morgan fingerprint density at radius 1 is 1.16 bits per heavy atom. The summed E-state index contributed by atoms with van der Waals surface area (Å²) < 4.78 is 1.17. The summed E-state index contributed by atoms with van der Waals surface area (Å²) in [5.74, 6) is 1.49. The maximum Gasteiger partial charge on any atom is 0.168 e. The standard InChI is InChI=1S/C20H28BBrO2S/c1-11(2)6-5-7-12(3)8-9-14-10-15(23)16-17(18(24)13(14)4)20(22)25-19(16)21/h11-14H,5-10H2,1-4H3. The van der Waals surface area contributed by atoms with Crippen LogP contribution in [0.4, 0.5) is 0 Å². The average Bonchev–Trinajstić information content (AvgIpc) is 2.78. The molecular weight excluding hydrogens is 395 g/mol. The zero-order valence-corrected chi connectivity index (χ0v) is 18.1. The molecule has 0 aromatic carbocycles. The molecule has 1 aromatic rings. The molecule has 1 heterocycles. The smallest absolute Gasteiger partial charge is 0.168 e. The van der Waals surface area contributed by atoms with Gasteiger partial charge in [-0.15, -0.1) is 11.3 Å². The Morgan fingerprint density at radius 3 is 2.48 bits per heavy atom. The van der Waals surface area contributed by atoms with Crippen LogP contribution in [0.2, 0.25) is 0 Å². The highest BCUT2D eigenvalue weighted by Gasteiger charge is 2.36. The van der Waals surface area contributed by atoms with Crippen molar-refractivity contribution in [2.75, 3.05) is 0 Å². The van der Waals surface area contributed by atoms with Crippen molar-refractivity contribution in [2.24, 2.45) is 23.7 Å². The maximum atomic E-state index is 12.9.